The van der Waals surface area contributed by atoms with E-state index in [2.05, 4.69) is 31.7 Å². The molecule has 0 aromatic heterocycles. The summed E-state index contributed by atoms with van der Waals surface area (Å²) in [5, 5.41) is 23.9. The minimum Gasteiger partial charge on any atom is -0.507 e. The Morgan fingerprint density at radius 1 is 1.31 bits per heavy atom. The number of aromatic hydroxyl groups is 2. The van der Waals surface area contributed by atoms with Crippen LogP contribution in [0.3, 0.4) is 0 Å². The molecule has 1 aromatic carbocycles. The molecule has 1 aromatic rings. The zero-order valence-electron chi connectivity index (χ0n) is 19.3. The second-order valence-corrected chi connectivity index (χ2v) is 7.15. The number of aryl methyl sites for hydroxylation is 1. The molecule has 1 atom stereocenters. The number of carbonyl (C=O) groups excluding carboxylic acids is 1. The van der Waals surface area contributed by atoms with Gasteiger partial charge in [-0.3, -0.25) is 4.79 Å². The van der Waals surface area contributed by atoms with Crippen LogP contribution in [0.15, 0.2) is 17.7 Å². The Labute approximate surface area is 178 Å². The van der Waals surface area contributed by atoms with Gasteiger partial charge in [0.05, 0.1) is 5.56 Å². The van der Waals surface area contributed by atoms with Crippen molar-refractivity contribution in [2.45, 2.75) is 85.4 Å². The molecule has 2 rings (SSSR count). The molecule has 29 heavy (non-hydrogen) atoms. The van der Waals surface area contributed by atoms with E-state index < -0.39 is 0 Å². The molecule has 0 saturated heterocycles. The van der Waals surface area contributed by atoms with Crippen molar-refractivity contribution >= 4 is 19.3 Å². The summed E-state index contributed by atoms with van der Waals surface area (Å²) >= 11 is 0. The molecule has 0 spiro atoms. The monoisotopic (exact) mass is 401 g/mol. The van der Waals surface area contributed by atoms with Crippen LogP contribution in [0.2, 0.25) is 6.82 Å². The first-order chi connectivity index (χ1) is 13.9. The number of benzene rings is 1. The van der Waals surface area contributed by atoms with E-state index in [4.69, 9.17) is 0 Å². The predicted octanol–water partition coefficient (Wildman–Crippen LogP) is 5.60. The maximum atomic E-state index is 12.3. The molecule has 4 nitrogen and oxygen atoms in total. The second-order valence-electron chi connectivity index (χ2n) is 7.15. The van der Waals surface area contributed by atoms with E-state index >= 15 is 0 Å². The Balaban J connectivity index is 0.00000143. The largest absolute Gasteiger partial charge is 0.507 e. The minimum atomic E-state index is -0.295. The topological polar surface area (TPSA) is 69.6 Å². The van der Waals surface area contributed by atoms with Crippen molar-refractivity contribution in [3.05, 3.63) is 34.4 Å². The second kappa shape index (κ2) is 14.9. The molecule has 5 heteroatoms. The van der Waals surface area contributed by atoms with Crippen LogP contribution in [0.5, 0.6) is 11.5 Å². The van der Waals surface area contributed by atoms with Gasteiger partial charge in [-0.05, 0) is 50.7 Å². The summed E-state index contributed by atoms with van der Waals surface area (Å²) in [4.78, 5) is 12.3. The minimum absolute atomic E-state index is 0.0353. The molecule has 1 unspecified atom stereocenters. The summed E-state index contributed by atoms with van der Waals surface area (Å²) in [6.07, 6.45) is 8.80. The Morgan fingerprint density at radius 2 is 1.93 bits per heavy atom. The van der Waals surface area contributed by atoms with Gasteiger partial charge in [0.1, 0.15) is 11.5 Å². The number of rotatable bonds is 6. The van der Waals surface area contributed by atoms with Crippen LogP contribution in [0.4, 0.5) is 0 Å². The molecule has 0 heterocycles. The molecule has 162 valence electrons. The maximum Gasteiger partial charge on any atom is 0.255 e. The normalized spacial score (nSPS) is 15.0. The van der Waals surface area contributed by atoms with Crippen molar-refractivity contribution in [3.8, 4) is 11.5 Å². The van der Waals surface area contributed by atoms with E-state index in [1.807, 2.05) is 20.7 Å². The van der Waals surface area contributed by atoms with Gasteiger partial charge in [0, 0.05) is 18.5 Å². The molecule has 0 radical (unpaired) electrons. The predicted molar refractivity (Wildman–Crippen MR) is 127 cm³/mol. The number of amides is 1. The number of phenols is 2. The number of unbranched alkanes of at least 4 members (excludes halogenated alkanes) is 2. The van der Waals surface area contributed by atoms with Gasteiger partial charge in [0.15, 0.2) is 0 Å². The molecular formula is C24H40BNO3. The van der Waals surface area contributed by atoms with Gasteiger partial charge in [-0.25, -0.2) is 0 Å². The fraction of sp³-hybridized carbons (Fsp3) is 0.583. The van der Waals surface area contributed by atoms with E-state index in [0.29, 0.717) is 17.5 Å². The zero-order valence-corrected chi connectivity index (χ0v) is 19.3. The first-order valence-electron chi connectivity index (χ1n) is 10.9. The van der Waals surface area contributed by atoms with Gasteiger partial charge in [-0.2, -0.15) is 0 Å². The molecule has 1 amide bonds. The van der Waals surface area contributed by atoms with Crippen molar-refractivity contribution < 1.29 is 15.0 Å². The smallest absolute Gasteiger partial charge is 0.255 e. The van der Waals surface area contributed by atoms with Crippen molar-refractivity contribution in [1.29, 1.82) is 0 Å². The van der Waals surface area contributed by atoms with Gasteiger partial charge in [0.2, 0.25) is 0 Å². The van der Waals surface area contributed by atoms with E-state index in [1.54, 1.807) is 20.0 Å². The third kappa shape index (κ3) is 8.08. The molecule has 3 N–H and O–H groups in total. The third-order valence-corrected chi connectivity index (χ3v) is 4.85. The fourth-order valence-electron chi connectivity index (χ4n) is 3.57. The van der Waals surface area contributed by atoms with Crippen LogP contribution in [0.25, 0.3) is 0 Å². The number of carbonyl (C=O) groups is 1. The van der Waals surface area contributed by atoms with Crippen molar-refractivity contribution in [3.63, 3.8) is 0 Å². The van der Waals surface area contributed by atoms with Crippen LogP contribution in [-0.4, -0.2) is 36.6 Å². The summed E-state index contributed by atoms with van der Waals surface area (Å²) in [7, 11) is 1.56. The summed E-state index contributed by atoms with van der Waals surface area (Å²) < 4.78 is 0. The maximum absolute atomic E-state index is 12.3. The quantitative estimate of drug-likeness (QED) is 0.330. The molecule has 0 saturated carbocycles. The molecule has 0 aliphatic heterocycles. The molecule has 1 aliphatic carbocycles. The molecule has 1 aliphatic rings. The van der Waals surface area contributed by atoms with Crippen LogP contribution in [-0.2, 0) is 6.42 Å². The Hall–Kier alpha value is -2.04. The number of nitrogens with one attached hydrogen (secondary N) is 1. The van der Waals surface area contributed by atoms with Crippen molar-refractivity contribution in [1.82, 2.24) is 5.32 Å². The average Bonchev–Trinajstić information content (AvgIpc) is 2.70. The molecule has 0 bridgehead atoms. The van der Waals surface area contributed by atoms with Gasteiger partial charge < -0.3 is 15.5 Å². The van der Waals surface area contributed by atoms with E-state index in [9.17, 15) is 15.0 Å². The SMILES string of the molecule is C=BC.CC.CCCCCc1cc(O)c(C2C=C(C)CCC2)c(O)c1C(=O)NC. The number of hydrogen-bond acceptors (Lipinski definition) is 3. The van der Waals surface area contributed by atoms with Gasteiger partial charge >= 0.3 is 20.2 Å². The number of allylic oxidation sites excluding steroid dienone is 2. The summed E-state index contributed by atoms with van der Waals surface area (Å²) in [6, 6.07) is 1.67. The standard InChI is InChI=1S/C20H29NO3.C2H5B.C2H6/c1-4-5-6-9-15-12-16(22)17(14-10-7-8-13(2)11-14)19(23)18(15)20(24)21-3;1-3-2;1-2/h11-12,14,22-23H,4-10H2,1-3H3,(H,21,24);1H2,2H3;1-2H3. The first-order valence-corrected chi connectivity index (χ1v) is 10.9. The van der Waals surface area contributed by atoms with Crippen LogP contribution >= 0.6 is 0 Å². The Morgan fingerprint density at radius 3 is 2.45 bits per heavy atom. The van der Waals surface area contributed by atoms with Gasteiger partial charge in [0.25, 0.3) is 5.91 Å². The zero-order chi connectivity index (χ0) is 22.4. The van der Waals surface area contributed by atoms with E-state index in [-0.39, 0.29) is 23.3 Å². The Kier molecular flexibility index (Phi) is 13.8. The third-order valence-electron chi connectivity index (χ3n) is 4.85. The van der Waals surface area contributed by atoms with Gasteiger partial charge in [-0.15, -0.1) is 0 Å². The number of phenolic OH excluding ortho intramolecular Hbond substituents is 2. The van der Waals surface area contributed by atoms with E-state index in [0.717, 1.165) is 44.1 Å². The van der Waals surface area contributed by atoms with Crippen LogP contribution < -0.4 is 5.32 Å². The Bertz CT molecular complexity index is 683. The van der Waals surface area contributed by atoms with E-state index in [1.165, 1.54) is 5.57 Å². The van der Waals surface area contributed by atoms with Gasteiger partial charge in [-0.1, -0.05) is 45.3 Å². The average molecular weight is 401 g/mol. The van der Waals surface area contributed by atoms with Crippen LogP contribution in [0.1, 0.15) is 93.6 Å². The summed E-state index contributed by atoms with van der Waals surface area (Å²) in [6.45, 7) is 15.2. The van der Waals surface area contributed by atoms with Crippen LogP contribution in [0, 0.1) is 0 Å². The first kappa shape index (κ1) is 27.0. The summed E-state index contributed by atoms with van der Waals surface area (Å²) in [5.74, 6) is -0.289. The van der Waals surface area contributed by atoms with Crippen molar-refractivity contribution in [2.24, 2.45) is 0 Å². The fourth-order valence-corrected chi connectivity index (χ4v) is 3.57. The van der Waals surface area contributed by atoms with Crippen molar-refractivity contribution in [2.75, 3.05) is 7.05 Å². The number of hydrogen-bond donors (Lipinski definition) is 3. The molecule has 0 fully saturated rings. The molecular weight excluding hydrogens is 361 g/mol. The summed E-state index contributed by atoms with van der Waals surface area (Å²) in [5.41, 5.74) is 2.79.